The van der Waals surface area contributed by atoms with Gasteiger partial charge < -0.3 is 19.8 Å². The zero-order valence-corrected chi connectivity index (χ0v) is 13.6. The average molecular weight is 349 g/mol. The summed E-state index contributed by atoms with van der Waals surface area (Å²) in [5.74, 6) is -0.122. The Morgan fingerprint density at radius 3 is 2.58 bits per heavy atom. The zero-order chi connectivity index (χ0) is 17.9. The maximum atomic E-state index is 12.5. The monoisotopic (exact) mass is 349 g/mol. The first-order chi connectivity index (χ1) is 11.2. The van der Waals surface area contributed by atoms with Gasteiger partial charge in [0.1, 0.15) is 0 Å². The minimum Gasteiger partial charge on any atom is -0.383 e. The van der Waals surface area contributed by atoms with Crippen LogP contribution in [0.3, 0.4) is 0 Å². The van der Waals surface area contributed by atoms with Crippen molar-refractivity contribution in [3.05, 3.63) is 17.5 Å². The van der Waals surface area contributed by atoms with Crippen molar-refractivity contribution in [3.8, 4) is 0 Å². The Balaban J connectivity index is 1.78. The van der Waals surface area contributed by atoms with E-state index < -0.39 is 18.2 Å². The van der Waals surface area contributed by atoms with Crippen LogP contribution < -0.4 is 5.32 Å². The second kappa shape index (κ2) is 7.42. The lowest BCUT2D eigenvalue weighted by molar-refractivity contribution is -0.222. The van der Waals surface area contributed by atoms with Gasteiger partial charge in [-0.3, -0.25) is 0 Å². The molecule has 0 aliphatic carbocycles. The van der Waals surface area contributed by atoms with Gasteiger partial charge in [0.25, 0.3) is 0 Å². The summed E-state index contributed by atoms with van der Waals surface area (Å²) in [7, 11) is 0. The SMILES string of the molecule is CC(C)c1cc(CNC(=O)N2CCC(C(O)C(F)(F)F)CC2)on1. The van der Waals surface area contributed by atoms with Gasteiger partial charge in [0.2, 0.25) is 0 Å². The highest BCUT2D eigenvalue weighted by atomic mass is 19.4. The molecule has 1 aromatic rings. The van der Waals surface area contributed by atoms with Gasteiger partial charge in [-0.05, 0) is 24.7 Å². The number of nitrogens with one attached hydrogen (secondary N) is 1. The molecule has 2 rings (SSSR count). The molecule has 2 amide bonds. The zero-order valence-electron chi connectivity index (χ0n) is 13.6. The summed E-state index contributed by atoms with van der Waals surface area (Å²) in [5.41, 5.74) is 0.793. The third-order valence-corrected chi connectivity index (χ3v) is 4.19. The lowest BCUT2D eigenvalue weighted by Gasteiger charge is -2.34. The molecule has 2 heterocycles. The van der Waals surface area contributed by atoms with Crippen molar-refractivity contribution >= 4 is 6.03 Å². The minimum atomic E-state index is -4.62. The first-order valence-electron chi connectivity index (χ1n) is 7.91. The Morgan fingerprint density at radius 2 is 2.08 bits per heavy atom. The lowest BCUT2D eigenvalue weighted by atomic mass is 9.91. The molecule has 0 radical (unpaired) electrons. The van der Waals surface area contributed by atoms with Crippen LogP contribution in [0.1, 0.15) is 44.1 Å². The van der Waals surface area contributed by atoms with Gasteiger partial charge >= 0.3 is 12.2 Å². The minimum absolute atomic E-state index is 0.119. The van der Waals surface area contributed by atoms with Crippen molar-refractivity contribution in [2.45, 2.75) is 51.4 Å². The number of hydrogen-bond donors (Lipinski definition) is 2. The van der Waals surface area contributed by atoms with Gasteiger partial charge in [-0.15, -0.1) is 0 Å². The molecular formula is C15H22F3N3O3. The number of alkyl halides is 3. The number of urea groups is 1. The molecule has 1 unspecified atom stereocenters. The molecule has 6 nitrogen and oxygen atoms in total. The van der Waals surface area contributed by atoms with Crippen molar-refractivity contribution in [1.29, 1.82) is 0 Å². The van der Waals surface area contributed by atoms with E-state index >= 15 is 0 Å². The summed E-state index contributed by atoms with van der Waals surface area (Å²) in [6, 6.07) is 1.40. The van der Waals surface area contributed by atoms with Gasteiger partial charge in [-0.2, -0.15) is 13.2 Å². The van der Waals surface area contributed by atoms with Crippen LogP contribution in [0.5, 0.6) is 0 Å². The summed E-state index contributed by atoms with van der Waals surface area (Å²) < 4.78 is 42.6. The van der Waals surface area contributed by atoms with Crippen LogP contribution in [0.2, 0.25) is 0 Å². The quantitative estimate of drug-likeness (QED) is 0.876. The lowest BCUT2D eigenvalue weighted by Crippen LogP contribution is -2.48. The average Bonchev–Trinajstić information content (AvgIpc) is 3.00. The van der Waals surface area contributed by atoms with E-state index in [0.717, 1.165) is 5.69 Å². The van der Waals surface area contributed by atoms with E-state index in [1.54, 1.807) is 6.07 Å². The predicted octanol–water partition coefficient (Wildman–Crippen LogP) is 2.64. The van der Waals surface area contributed by atoms with Gasteiger partial charge in [0.15, 0.2) is 11.9 Å². The van der Waals surface area contributed by atoms with Crippen molar-refractivity contribution in [1.82, 2.24) is 15.4 Å². The highest BCUT2D eigenvalue weighted by molar-refractivity contribution is 5.74. The third-order valence-electron chi connectivity index (χ3n) is 4.19. The van der Waals surface area contributed by atoms with E-state index in [2.05, 4.69) is 10.5 Å². The molecule has 136 valence electrons. The molecule has 0 saturated carbocycles. The molecule has 0 aromatic carbocycles. The van der Waals surface area contributed by atoms with Crippen molar-refractivity contribution in [2.24, 2.45) is 5.92 Å². The largest absolute Gasteiger partial charge is 0.414 e. The van der Waals surface area contributed by atoms with Crippen LogP contribution in [-0.4, -0.2) is 46.6 Å². The van der Waals surface area contributed by atoms with E-state index in [4.69, 9.17) is 4.52 Å². The Kier molecular flexibility index (Phi) is 5.74. The fraction of sp³-hybridized carbons (Fsp3) is 0.733. The highest BCUT2D eigenvalue weighted by Crippen LogP contribution is 2.31. The molecule has 24 heavy (non-hydrogen) atoms. The number of nitrogens with zero attached hydrogens (tertiary/aromatic N) is 2. The van der Waals surface area contributed by atoms with Gasteiger partial charge in [0, 0.05) is 19.2 Å². The molecule has 2 N–H and O–H groups in total. The summed E-state index contributed by atoms with van der Waals surface area (Å²) >= 11 is 0. The molecule has 1 aromatic heterocycles. The first kappa shape index (κ1) is 18.6. The molecule has 1 saturated heterocycles. The van der Waals surface area contributed by atoms with Crippen molar-refractivity contribution in [2.75, 3.05) is 13.1 Å². The number of carbonyl (C=O) groups excluding carboxylic acids is 1. The predicted molar refractivity (Wildman–Crippen MR) is 79.2 cm³/mol. The van der Waals surface area contributed by atoms with Crippen LogP contribution >= 0.6 is 0 Å². The molecule has 1 aliphatic heterocycles. The Bertz CT molecular complexity index is 552. The van der Waals surface area contributed by atoms with E-state index in [0.29, 0.717) is 5.76 Å². The number of carbonyl (C=O) groups is 1. The molecule has 9 heteroatoms. The maximum Gasteiger partial charge on any atom is 0.414 e. The molecule has 1 fully saturated rings. The fourth-order valence-corrected chi connectivity index (χ4v) is 2.64. The second-order valence-corrected chi connectivity index (χ2v) is 6.34. The number of rotatable bonds is 4. The fourth-order valence-electron chi connectivity index (χ4n) is 2.64. The molecule has 1 atom stereocenters. The van der Waals surface area contributed by atoms with Crippen LogP contribution in [0.25, 0.3) is 0 Å². The number of piperidine rings is 1. The number of hydrogen-bond acceptors (Lipinski definition) is 4. The number of likely N-dealkylation sites (tertiary alicyclic amines) is 1. The van der Waals surface area contributed by atoms with Crippen molar-refractivity contribution in [3.63, 3.8) is 0 Å². The van der Waals surface area contributed by atoms with Crippen LogP contribution in [0.4, 0.5) is 18.0 Å². The van der Waals surface area contributed by atoms with E-state index in [9.17, 15) is 23.1 Å². The van der Waals surface area contributed by atoms with Crippen LogP contribution in [0.15, 0.2) is 10.6 Å². The second-order valence-electron chi connectivity index (χ2n) is 6.34. The Labute approximate surface area is 138 Å². The normalized spacial score (nSPS) is 18.0. The number of halogens is 3. The number of aromatic nitrogens is 1. The standard InChI is InChI=1S/C15H22F3N3O3/c1-9(2)12-7-11(24-20-12)8-19-14(23)21-5-3-10(4-6-21)13(22)15(16,17)18/h7,9-10,13,22H,3-6,8H2,1-2H3,(H,19,23). The van der Waals surface area contributed by atoms with Gasteiger partial charge in [0.05, 0.1) is 12.2 Å². The van der Waals surface area contributed by atoms with Crippen molar-refractivity contribution < 1.29 is 27.6 Å². The highest BCUT2D eigenvalue weighted by Gasteiger charge is 2.44. The van der Waals surface area contributed by atoms with Gasteiger partial charge in [-0.1, -0.05) is 19.0 Å². The summed E-state index contributed by atoms with van der Waals surface area (Å²) in [6.07, 6.45) is -6.71. The maximum absolute atomic E-state index is 12.5. The summed E-state index contributed by atoms with van der Waals surface area (Å²) in [6.45, 7) is 4.47. The van der Waals surface area contributed by atoms with E-state index in [-0.39, 0.29) is 44.4 Å². The molecular weight excluding hydrogens is 327 g/mol. The summed E-state index contributed by atoms with van der Waals surface area (Å²) in [5, 5.41) is 15.8. The summed E-state index contributed by atoms with van der Waals surface area (Å²) in [4.78, 5) is 13.5. The topological polar surface area (TPSA) is 78.6 Å². The number of aliphatic hydroxyl groups excluding tert-OH is 1. The third kappa shape index (κ3) is 4.62. The molecule has 0 bridgehead atoms. The Morgan fingerprint density at radius 1 is 1.46 bits per heavy atom. The number of aliphatic hydroxyl groups is 1. The first-order valence-corrected chi connectivity index (χ1v) is 7.91. The van der Waals surface area contributed by atoms with E-state index in [1.165, 1.54) is 4.90 Å². The molecule has 0 spiro atoms. The smallest absolute Gasteiger partial charge is 0.383 e. The van der Waals surface area contributed by atoms with E-state index in [1.807, 2.05) is 13.8 Å². The Hall–Kier alpha value is -1.77. The van der Waals surface area contributed by atoms with Crippen LogP contribution in [0, 0.1) is 5.92 Å². The molecule has 1 aliphatic rings. The number of amides is 2. The van der Waals surface area contributed by atoms with Gasteiger partial charge in [-0.25, -0.2) is 4.79 Å². The van der Waals surface area contributed by atoms with Crippen LogP contribution in [-0.2, 0) is 6.54 Å².